The predicted molar refractivity (Wildman–Crippen MR) is 127 cm³/mol. The number of esters is 1. The quantitative estimate of drug-likeness (QED) is 0.309. The van der Waals surface area contributed by atoms with Gasteiger partial charge in [0.25, 0.3) is 5.91 Å². The minimum atomic E-state index is -0.523. The van der Waals surface area contributed by atoms with E-state index in [2.05, 4.69) is 10.6 Å². The highest BCUT2D eigenvalue weighted by Crippen LogP contribution is 2.29. The first kappa shape index (κ1) is 24.6. The van der Waals surface area contributed by atoms with Crippen LogP contribution in [0.25, 0.3) is 0 Å². The lowest BCUT2D eigenvalue weighted by molar-refractivity contribution is -0.118. The molecule has 0 fully saturated rings. The highest BCUT2D eigenvalue weighted by atomic mass is 35.5. The number of para-hydroxylation sites is 1. The molecule has 0 aliphatic rings. The molecule has 3 aromatic rings. The van der Waals surface area contributed by atoms with Gasteiger partial charge in [-0.25, -0.2) is 9.18 Å². The van der Waals surface area contributed by atoms with E-state index in [9.17, 15) is 18.8 Å². The second-order valence-corrected chi connectivity index (χ2v) is 8.74. The van der Waals surface area contributed by atoms with Gasteiger partial charge in [-0.05, 0) is 41.8 Å². The number of amides is 2. The van der Waals surface area contributed by atoms with E-state index in [0.29, 0.717) is 21.1 Å². The van der Waals surface area contributed by atoms with Gasteiger partial charge in [-0.1, -0.05) is 23.7 Å². The standard InChI is InChI=1S/C22H18ClFN2O5S2/c1-30-22(29)21-16(8-9-32-21)26-20(28)12-33-18-5-3-2-4-15(18)25-19(27)11-31-17-7-6-13(24)10-14(17)23/h2-10H,11-12H2,1H3,(H,25,27)(H,26,28). The molecule has 0 bridgehead atoms. The molecule has 1 heterocycles. The zero-order chi connectivity index (χ0) is 23.8. The molecule has 0 saturated heterocycles. The smallest absolute Gasteiger partial charge is 0.350 e. The number of hydrogen-bond donors (Lipinski definition) is 2. The highest BCUT2D eigenvalue weighted by molar-refractivity contribution is 8.00. The van der Waals surface area contributed by atoms with Gasteiger partial charge in [0.15, 0.2) is 6.61 Å². The number of benzene rings is 2. The number of halogens is 2. The van der Waals surface area contributed by atoms with Gasteiger partial charge in [0.1, 0.15) is 16.4 Å². The van der Waals surface area contributed by atoms with Crippen LogP contribution in [-0.4, -0.2) is 37.3 Å². The van der Waals surface area contributed by atoms with Gasteiger partial charge >= 0.3 is 5.97 Å². The van der Waals surface area contributed by atoms with Crippen molar-refractivity contribution in [3.8, 4) is 5.75 Å². The zero-order valence-electron chi connectivity index (χ0n) is 17.2. The van der Waals surface area contributed by atoms with E-state index in [1.165, 1.54) is 42.3 Å². The predicted octanol–water partition coefficient (Wildman–Crippen LogP) is 5.08. The minimum absolute atomic E-state index is 0.0467. The Morgan fingerprint density at radius 3 is 2.58 bits per heavy atom. The van der Waals surface area contributed by atoms with Crippen molar-refractivity contribution in [1.82, 2.24) is 0 Å². The molecule has 172 valence electrons. The summed E-state index contributed by atoms with van der Waals surface area (Å²) >= 11 is 8.28. The number of nitrogens with one attached hydrogen (secondary N) is 2. The summed E-state index contributed by atoms with van der Waals surface area (Å²) in [5.41, 5.74) is 0.885. The van der Waals surface area contributed by atoms with Crippen molar-refractivity contribution in [3.05, 3.63) is 69.6 Å². The second-order valence-electron chi connectivity index (χ2n) is 6.40. The Kier molecular flexibility index (Phi) is 8.70. The van der Waals surface area contributed by atoms with Gasteiger partial charge < -0.3 is 20.1 Å². The van der Waals surface area contributed by atoms with Gasteiger partial charge in [-0.15, -0.1) is 23.1 Å². The molecule has 0 spiro atoms. The van der Waals surface area contributed by atoms with E-state index >= 15 is 0 Å². The zero-order valence-corrected chi connectivity index (χ0v) is 19.6. The molecule has 1 aromatic heterocycles. The summed E-state index contributed by atoms with van der Waals surface area (Å²) in [4.78, 5) is 37.4. The lowest BCUT2D eigenvalue weighted by Crippen LogP contribution is -2.21. The third kappa shape index (κ3) is 6.95. The Labute approximate surface area is 202 Å². The van der Waals surface area contributed by atoms with Gasteiger partial charge in [-0.2, -0.15) is 0 Å². The molecule has 0 unspecified atom stereocenters. The average molecular weight is 509 g/mol. The second kappa shape index (κ2) is 11.7. The SMILES string of the molecule is COC(=O)c1sccc1NC(=O)CSc1ccccc1NC(=O)COc1ccc(F)cc1Cl. The molecule has 0 aliphatic carbocycles. The van der Waals surface area contributed by atoms with Gasteiger partial charge in [0, 0.05) is 4.90 Å². The maximum Gasteiger partial charge on any atom is 0.350 e. The highest BCUT2D eigenvalue weighted by Gasteiger charge is 2.16. The van der Waals surface area contributed by atoms with Crippen molar-refractivity contribution in [2.24, 2.45) is 0 Å². The van der Waals surface area contributed by atoms with Crippen LogP contribution in [0.3, 0.4) is 0 Å². The van der Waals surface area contributed by atoms with Crippen molar-refractivity contribution in [2.75, 3.05) is 30.1 Å². The first-order chi connectivity index (χ1) is 15.9. The minimum Gasteiger partial charge on any atom is -0.482 e. The third-order valence-electron chi connectivity index (χ3n) is 4.08. The topological polar surface area (TPSA) is 93.7 Å². The first-order valence-corrected chi connectivity index (χ1v) is 11.7. The summed E-state index contributed by atoms with van der Waals surface area (Å²) in [7, 11) is 1.27. The molecule has 0 aliphatic heterocycles. The number of methoxy groups -OCH3 is 1. The Bertz CT molecular complexity index is 1170. The number of carbonyl (C=O) groups excluding carboxylic acids is 3. The molecule has 2 aromatic carbocycles. The van der Waals surface area contributed by atoms with Crippen molar-refractivity contribution in [3.63, 3.8) is 0 Å². The van der Waals surface area contributed by atoms with Crippen LogP contribution < -0.4 is 15.4 Å². The number of hydrogen-bond acceptors (Lipinski definition) is 7. The van der Waals surface area contributed by atoms with Gasteiger partial charge in [0.05, 0.1) is 29.3 Å². The van der Waals surface area contributed by atoms with Crippen LogP contribution in [-0.2, 0) is 14.3 Å². The van der Waals surface area contributed by atoms with E-state index in [1.807, 2.05) is 0 Å². The normalized spacial score (nSPS) is 10.4. The fourth-order valence-electron chi connectivity index (χ4n) is 2.61. The monoisotopic (exact) mass is 508 g/mol. The van der Waals surface area contributed by atoms with Crippen LogP contribution in [0.1, 0.15) is 9.67 Å². The van der Waals surface area contributed by atoms with Crippen LogP contribution in [0.2, 0.25) is 5.02 Å². The maximum atomic E-state index is 13.1. The molecule has 33 heavy (non-hydrogen) atoms. The number of thiophene rings is 1. The molecule has 3 rings (SSSR count). The molecular weight excluding hydrogens is 491 g/mol. The summed E-state index contributed by atoms with van der Waals surface area (Å²) in [6.45, 7) is -0.334. The fourth-order valence-corrected chi connectivity index (χ4v) is 4.40. The van der Waals surface area contributed by atoms with E-state index in [1.54, 1.807) is 35.7 Å². The maximum absolute atomic E-state index is 13.1. The van der Waals surface area contributed by atoms with Crippen LogP contribution in [0.4, 0.5) is 15.8 Å². The lowest BCUT2D eigenvalue weighted by Gasteiger charge is -2.12. The number of ether oxygens (including phenoxy) is 2. The Morgan fingerprint density at radius 1 is 1.06 bits per heavy atom. The van der Waals surface area contributed by atoms with Crippen LogP contribution in [0, 0.1) is 5.82 Å². The Balaban J connectivity index is 1.55. The largest absolute Gasteiger partial charge is 0.482 e. The lowest BCUT2D eigenvalue weighted by atomic mass is 10.3. The fraction of sp³-hybridized carbons (Fsp3) is 0.136. The van der Waals surface area contributed by atoms with E-state index in [0.717, 1.165) is 6.07 Å². The van der Waals surface area contributed by atoms with Crippen LogP contribution in [0.15, 0.2) is 58.8 Å². The Morgan fingerprint density at radius 2 is 1.82 bits per heavy atom. The molecule has 7 nitrogen and oxygen atoms in total. The molecule has 0 atom stereocenters. The molecule has 11 heteroatoms. The molecule has 2 amide bonds. The third-order valence-corrected chi connectivity index (χ3v) is 6.35. The summed E-state index contributed by atoms with van der Waals surface area (Å²) in [6.07, 6.45) is 0. The average Bonchev–Trinajstić information content (AvgIpc) is 3.25. The summed E-state index contributed by atoms with van der Waals surface area (Å²) < 4.78 is 23.2. The first-order valence-electron chi connectivity index (χ1n) is 9.42. The van der Waals surface area contributed by atoms with E-state index in [4.69, 9.17) is 21.1 Å². The van der Waals surface area contributed by atoms with Crippen LogP contribution >= 0.6 is 34.7 Å². The van der Waals surface area contributed by atoms with Gasteiger partial charge in [-0.3, -0.25) is 9.59 Å². The molecule has 0 saturated carbocycles. The van der Waals surface area contributed by atoms with Crippen molar-refractivity contribution in [1.29, 1.82) is 0 Å². The van der Waals surface area contributed by atoms with Crippen molar-refractivity contribution < 1.29 is 28.2 Å². The van der Waals surface area contributed by atoms with Gasteiger partial charge in [0.2, 0.25) is 5.91 Å². The van der Waals surface area contributed by atoms with E-state index in [-0.39, 0.29) is 29.0 Å². The summed E-state index contributed by atoms with van der Waals surface area (Å²) in [5.74, 6) is -1.57. The van der Waals surface area contributed by atoms with Crippen molar-refractivity contribution >= 4 is 63.9 Å². The summed E-state index contributed by atoms with van der Waals surface area (Å²) in [6, 6.07) is 12.2. The number of carbonyl (C=O) groups is 3. The van der Waals surface area contributed by atoms with E-state index < -0.39 is 17.7 Å². The molecule has 2 N–H and O–H groups in total. The Hall–Kier alpha value is -3.08. The van der Waals surface area contributed by atoms with Crippen LogP contribution in [0.5, 0.6) is 5.75 Å². The number of thioether (sulfide) groups is 1. The number of rotatable bonds is 9. The van der Waals surface area contributed by atoms with Crippen molar-refractivity contribution in [2.45, 2.75) is 4.90 Å². The molecule has 0 radical (unpaired) electrons. The molecular formula is C22H18ClFN2O5S2. The summed E-state index contributed by atoms with van der Waals surface area (Å²) in [5, 5.41) is 7.15. The number of anilines is 2.